The van der Waals surface area contributed by atoms with Gasteiger partial charge in [0.15, 0.2) is 11.5 Å². The summed E-state index contributed by atoms with van der Waals surface area (Å²) < 4.78 is 45.3. The summed E-state index contributed by atoms with van der Waals surface area (Å²) in [6.45, 7) is 0.346. The highest BCUT2D eigenvalue weighted by atomic mass is 19.1. The van der Waals surface area contributed by atoms with Gasteiger partial charge in [0.2, 0.25) is 5.91 Å². The quantitative estimate of drug-likeness (QED) is 0.203. The third-order valence-electron chi connectivity index (χ3n) is 6.17. The summed E-state index contributed by atoms with van der Waals surface area (Å²) in [6.07, 6.45) is 1.42. The van der Waals surface area contributed by atoms with Crippen LogP contribution in [0.5, 0.6) is 23.0 Å². The molecule has 1 heterocycles. The largest absolute Gasteiger partial charge is 0.493 e. The second kappa shape index (κ2) is 12.8. The van der Waals surface area contributed by atoms with Gasteiger partial charge in [-0.1, -0.05) is 42.5 Å². The fourth-order valence-corrected chi connectivity index (χ4v) is 4.12. The number of nitrogens with one attached hydrogen (secondary N) is 2. The number of anilines is 1. The number of hydrogen-bond acceptors (Lipinski definition) is 6. The molecule has 0 unspecified atom stereocenters. The molecule has 0 saturated heterocycles. The highest BCUT2D eigenvalue weighted by Gasteiger charge is 2.15. The molecule has 0 atom stereocenters. The second-order valence-electron chi connectivity index (χ2n) is 9.15. The van der Waals surface area contributed by atoms with Gasteiger partial charge in [0.05, 0.1) is 24.7 Å². The van der Waals surface area contributed by atoms with Crippen molar-refractivity contribution in [2.24, 2.45) is 0 Å². The molecular formula is C32H25F2N3O5. The lowest BCUT2D eigenvalue weighted by Gasteiger charge is -2.14. The molecule has 4 aromatic carbocycles. The van der Waals surface area contributed by atoms with E-state index in [0.29, 0.717) is 40.3 Å². The number of carbonyl (C=O) groups excluding carboxylic acids is 2. The topological polar surface area (TPSA) is 98.8 Å². The van der Waals surface area contributed by atoms with Crippen LogP contribution in [-0.2, 0) is 17.8 Å². The summed E-state index contributed by atoms with van der Waals surface area (Å²) in [5.41, 5.74) is 1.94. The Morgan fingerprint density at radius 1 is 0.833 bits per heavy atom. The number of imide groups is 1. The molecule has 0 aliphatic heterocycles. The Bertz CT molecular complexity index is 1730. The molecule has 0 aliphatic carbocycles. The number of methoxy groups -OCH3 is 1. The number of carbonyl (C=O) groups is 2. The first-order chi connectivity index (χ1) is 20.4. The van der Waals surface area contributed by atoms with E-state index in [-0.39, 0.29) is 17.9 Å². The molecule has 1 aromatic heterocycles. The van der Waals surface area contributed by atoms with E-state index in [9.17, 15) is 18.4 Å². The highest BCUT2D eigenvalue weighted by Crippen LogP contribution is 2.37. The highest BCUT2D eigenvalue weighted by molar-refractivity contribution is 6.01. The van der Waals surface area contributed by atoms with Gasteiger partial charge in [-0.15, -0.1) is 0 Å². The van der Waals surface area contributed by atoms with Crippen LogP contribution in [0.4, 0.5) is 19.3 Å². The minimum Gasteiger partial charge on any atom is -0.493 e. The third kappa shape index (κ3) is 6.97. The Morgan fingerprint density at radius 3 is 2.36 bits per heavy atom. The van der Waals surface area contributed by atoms with Crippen LogP contribution in [0.1, 0.15) is 11.1 Å². The van der Waals surface area contributed by atoms with Crippen LogP contribution in [0.25, 0.3) is 10.9 Å². The van der Waals surface area contributed by atoms with E-state index < -0.39 is 23.6 Å². The minimum atomic E-state index is -0.910. The average Bonchev–Trinajstić information content (AvgIpc) is 2.99. The van der Waals surface area contributed by atoms with Gasteiger partial charge in [-0.3, -0.25) is 15.1 Å². The van der Waals surface area contributed by atoms with Gasteiger partial charge >= 0.3 is 6.03 Å². The zero-order valence-electron chi connectivity index (χ0n) is 22.4. The van der Waals surface area contributed by atoms with Crippen LogP contribution in [0, 0.1) is 11.6 Å². The summed E-state index contributed by atoms with van der Waals surface area (Å²) in [5, 5.41) is 5.03. The van der Waals surface area contributed by atoms with Gasteiger partial charge < -0.3 is 19.5 Å². The second-order valence-corrected chi connectivity index (χ2v) is 9.15. The molecule has 3 amide bonds. The van der Waals surface area contributed by atoms with E-state index in [0.717, 1.165) is 11.6 Å². The Balaban J connectivity index is 1.25. The average molecular weight is 570 g/mol. The van der Waals surface area contributed by atoms with E-state index in [1.54, 1.807) is 24.4 Å². The molecule has 212 valence electrons. The van der Waals surface area contributed by atoms with Crippen molar-refractivity contribution in [3.05, 3.63) is 120 Å². The molecule has 0 radical (unpaired) electrons. The van der Waals surface area contributed by atoms with Crippen molar-refractivity contribution in [2.75, 3.05) is 12.4 Å². The smallest absolute Gasteiger partial charge is 0.325 e. The SMILES string of the molecule is COc1cc2c(Oc3ccc(NC(=O)NC(=O)Cc4ccc(F)cc4)c(F)c3)ccnc2cc1OCc1ccccc1. The maximum atomic E-state index is 14.9. The van der Waals surface area contributed by atoms with E-state index in [1.165, 1.54) is 43.5 Å². The third-order valence-corrected chi connectivity index (χ3v) is 6.17. The van der Waals surface area contributed by atoms with Crippen molar-refractivity contribution >= 4 is 28.5 Å². The fraction of sp³-hybridized carbons (Fsp3) is 0.0938. The number of benzene rings is 4. The first-order valence-corrected chi connectivity index (χ1v) is 12.8. The first kappa shape index (κ1) is 28.0. The monoisotopic (exact) mass is 569 g/mol. The van der Waals surface area contributed by atoms with Crippen molar-refractivity contribution in [3.63, 3.8) is 0 Å². The number of halogens is 2. The number of nitrogens with zero attached hydrogens (tertiary/aromatic N) is 1. The predicted octanol–water partition coefficient (Wildman–Crippen LogP) is 6.78. The number of rotatable bonds is 9. The lowest BCUT2D eigenvalue weighted by atomic mass is 10.1. The summed E-state index contributed by atoms with van der Waals surface area (Å²) in [4.78, 5) is 28.7. The fourth-order valence-electron chi connectivity index (χ4n) is 4.12. The summed E-state index contributed by atoms with van der Waals surface area (Å²) in [5.74, 6) is -0.292. The molecular weight excluding hydrogens is 544 g/mol. The first-order valence-electron chi connectivity index (χ1n) is 12.8. The van der Waals surface area contributed by atoms with Crippen LogP contribution in [0.2, 0.25) is 0 Å². The Morgan fingerprint density at radius 2 is 1.62 bits per heavy atom. The van der Waals surface area contributed by atoms with E-state index >= 15 is 0 Å². The van der Waals surface area contributed by atoms with Crippen LogP contribution in [-0.4, -0.2) is 24.0 Å². The number of aromatic nitrogens is 1. The standard InChI is InChI=1S/C32H25F2N3O5/c1-40-29-17-24-27(18-30(29)41-19-21-5-3-2-4-6-21)35-14-13-28(24)42-23-11-12-26(25(34)16-23)36-32(39)37-31(38)15-20-7-9-22(33)10-8-20/h2-14,16-18H,15,19H2,1H3,(H2,36,37,38,39). The van der Waals surface area contributed by atoms with E-state index in [2.05, 4.69) is 15.6 Å². The molecule has 0 aliphatic rings. The molecule has 0 spiro atoms. The molecule has 2 N–H and O–H groups in total. The van der Waals surface area contributed by atoms with E-state index in [4.69, 9.17) is 14.2 Å². The number of fused-ring (bicyclic) bond motifs is 1. The van der Waals surface area contributed by atoms with Crippen molar-refractivity contribution < 1.29 is 32.6 Å². The van der Waals surface area contributed by atoms with Gasteiger partial charge in [-0.05, 0) is 47.5 Å². The lowest BCUT2D eigenvalue weighted by molar-refractivity contribution is -0.119. The molecule has 8 nitrogen and oxygen atoms in total. The summed E-state index contributed by atoms with van der Waals surface area (Å²) in [6, 6.07) is 23.1. The van der Waals surface area contributed by atoms with Gasteiger partial charge in [0, 0.05) is 23.7 Å². The van der Waals surface area contributed by atoms with Crippen LogP contribution in [0.3, 0.4) is 0 Å². The molecule has 0 saturated carbocycles. The van der Waals surface area contributed by atoms with Crippen molar-refractivity contribution in [3.8, 4) is 23.0 Å². The number of pyridine rings is 1. The number of ether oxygens (including phenoxy) is 3. The normalized spacial score (nSPS) is 10.6. The lowest BCUT2D eigenvalue weighted by Crippen LogP contribution is -2.35. The Kier molecular flexibility index (Phi) is 8.53. The summed E-state index contributed by atoms with van der Waals surface area (Å²) in [7, 11) is 1.53. The number of urea groups is 1. The van der Waals surface area contributed by atoms with Crippen molar-refractivity contribution in [1.82, 2.24) is 10.3 Å². The minimum absolute atomic E-state index is 0.145. The molecule has 0 fully saturated rings. The Labute approximate surface area is 239 Å². The predicted molar refractivity (Wildman–Crippen MR) is 153 cm³/mol. The molecule has 5 rings (SSSR count). The van der Waals surface area contributed by atoms with Crippen LogP contribution in [0.15, 0.2) is 97.2 Å². The van der Waals surface area contributed by atoms with Gasteiger partial charge in [0.1, 0.15) is 29.7 Å². The molecule has 42 heavy (non-hydrogen) atoms. The summed E-state index contributed by atoms with van der Waals surface area (Å²) >= 11 is 0. The van der Waals surface area contributed by atoms with Crippen LogP contribution < -0.4 is 24.8 Å². The van der Waals surface area contributed by atoms with Crippen molar-refractivity contribution in [2.45, 2.75) is 13.0 Å². The molecule has 5 aromatic rings. The van der Waals surface area contributed by atoms with E-state index in [1.807, 2.05) is 30.3 Å². The van der Waals surface area contributed by atoms with Gasteiger partial charge in [-0.25, -0.2) is 13.6 Å². The number of amides is 3. The van der Waals surface area contributed by atoms with Crippen LogP contribution >= 0.6 is 0 Å². The zero-order chi connectivity index (χ0) is 29.5. The maximum Gasteiger partial charge on any atom is 0.325 e. The number of hydrogen-bond donors (Lipinski definition) is 2. The molecule has 0 bridgehead atoms. The Hall–Kier alpha value is -5.51. The van der Waals surface area contributed by atoms with Gasteiger partial charge in [-0.2, -0.15) is 0 Å². The zero-order valence-corrected chi connectivity index (χ0v) is 22.4. The molecule has 10 heteroatoms. The van der Waals surface area contributed by atoms with Gasteiger partial charge in [0.25, 0.3) is 0 Å². The van der Waals surface area contributed by atoms with Crippen molar-refractivity contribution in [1.29, 1.82) is 0 Å². The maximum absolute atomic E-state index is 14.9.